The minimum Gasteiger partial charge on any atom is -0.404 e. The van der Waals surface area contributed by atoms with Crippen molar-refractivity contribution >= 4 is 5.78 Å². The second-order valence-electron chi connectivity index (χ2n) is 6.61. The molecule has 0 saturated carbocycles. The summed E-state index contributed by atoms with van der Waals surface area (Å²) in [5.74, 6) is 0.149. The van der Waals surface area contributed by atoms with E-state index in [1.54, 1.807) is 6.20 Å². The monoisotopic (exact) mass is 233 g/mol. The van der Waals surface area contributed by atoms with Crippen LogP contribution in [-0.2, 0) is 4.79 Å². The van der Waals surface area contributed by atoms with E-state index in [-0.39, 0.29) is 16.6 Å². The highest BCUT2D eigenvalue weighted by Gasteiger charge is 2.33. The summed E-state index contributed by atoms with van der Waals surface area (Å²) in [6.45, 7) is 12.3. The molecule has 1 aliphatic carbocycles. The first-order valence-electron chi connectivity index (χ1n) is 5.98. The van der Waals surface area contributed by atoms with Crippen LogP contribution in [0.4, 0.5) is 0 Å². The molecule has 1 aliphatic rings. The number of hydrogen-bond acceptors (Lipinski definition) is 2. The highest BCUT2D eigenvalue weighted by molar-refractivity contribution is 6.11. The lowest BCUT2D eigenvalue weighted by atomic mass is 9.72. The Bertz CT molecular complexity index is 387. The van der Waals surface area contributed by atoms with E-state index in [0.29, 0.717) is 0 Å². The average Bonchev–Trinajstić information content (AvgIpc) is 2.14. The standard InChI is InChI=1S/C15H23NO/c1-14(2,3)11-7-10(9-16)8-12(13(11)17)15(4,5)6/h7-9H,16H2,1-6H3. The molecule has 0 aliphatic heterocycles. The van der Waals surface area contributed by atoms with E-state index < -0.39 is 0 Å². The third-order valence-electron chi connectivity index (χ3n) is 2.92. The van der Waals surface area contributed by atoms with Gasteiger partial charge in [0.2, 0.25) is 0 Å². The second-order valence-corrected chi connectivity index (χ2v) is 6.61. The smallest absolute Gasteiger partial charge is 0.186 e. The van der Waals surface area contributed by atoms with Crippen molar-refractivity contribution in [3.63, 3.8) is 0 Å². The summed E-state index contributed by atoms with van der Waals surface area (Å²) < 4.78 is 0. The van der Waals surface area contributed by atoms with Crippen molar-refractivity contribution < 1.29 is 4.79 Å². The summed E-state index contributed by atoms with van der Waals surface area (Å²) in [6.07, 6.45) is 5.36. The molecule has 2 nitrogen and oxygen atoms in total. The van der Waals surface area contributed by atoms with Gasteiger partial charge in [-0.25, -0.2) is 0 Å². The molecule has 0 atom stereocenters. The van der Waals surface area contributed by atoms with Crippen molar-refractivity contribution in [2.24, 2.45) is 16.6 Å². The predicted molar refractivity (Wildman–Crippen MR) is 72.4 cm³/mol. The summed E-state index contributed by atoms with van der Waals surface area (Å²) >= 11 is 0. The fourth-order valence-corrected chi connectivity index (χ4v) is 1.86. The summed E-state index contributed by atoms with van der Waals surface area (Å²) in [6, 6.07) is 0. The molecule has 0 aromatic carbocycles. The number of hydrogen-bond donors (Lipinski definition) is 1. The van der Waals surface area contributed by atoms with E-state index in [1.807, 2.05) is 12.2 Å². The Kier molecular flexibility index (Phi) is 3.37. The van der Waals surface area contributed by atoms with Gasteiger partial charge in [-0.2, -0.15) is 0 Å². The highest BCUT2D eigenvalue weighted by atomic mass is 16.1. The van der Waals surface area contributed by atoms with Gasteiger partial charge in [0.05, 0.1) is 0 Å². The van der Waals surface area contributed by atoms with Crippen LogP contribution in [0.1, 0.15) is 41.5 Å². The Morgan fingerprint density at radius 1 is 0.941 bits per heavy atom. The van der Waals surface area contributed by atoms with Gasteiger partial charge in [0.15, 0.2) is 5.78 Å². The predicted octanol–water partition coefficient (Wildman–Crippen LogP) is 3.36. The minimum atomic E-state index is -0.157. The van der Waals surface area contributed by atoms with Crippen molar-refractivity contribution in [3.05, 3.63) is 35.1 Å². The molecule has 17 heavy (non-hydrogen) atoms. The molecular formula is C15H23NO. The fraction of sp³-hybridized carbons (Fsp3) is 0.533. The molecular weight excluding hydrogens is 210 g/mol. The maximum Gasteiger partial charge on any atom is 0.186 e. The third kappa shape index (κ3) is 2.87. The number of Topliss-reactive ketones (excluding diaryl/α,β-unsaturated/α-hetero) is 1. The van der Waals surface area contributed by atoms with Crippen molar-refractivity contribution in [1.29, 1.82) is 0 Å². The van der Waals surface area contributed by atoms with E-state index >= 15 is 0 Å². The lowest BCUT2D eigenvalue weighted by Crippen LogP contribution is -2.28. The number of carbonyl (C=O) groups excluding carboxylic acids is 1. The van der Waals surface area contributed by atoms with Gasteiger partial charge in [-0.15, -0.1) is 0 Å². The Balaban J connectivity index is 3.33. The molecule has 2 N–H and O–H groups in total. The zero-order valence-electron chi connectivity index (χ0n) is 11.7. The molecule has 0 fully saturated rings. The molecule has 0 unspecified atom stereocenters. The highest BCUT2D eigenvalue weighted by Crippen LogP contribution is 2.38. The molecule has 2 heteroatoms. The molecule has 0 saturated heterocycles. The van der Waals surface area contributed by atoms with Crippen LogP contribution in [0.25, 0.3) is 0 Å². The molecule has 0 aromatic heterocycles. The van der Waals surface area contributed by atoms with Gasteiger partial charge >= 0.3 is 0 Å². The van der Waals surface area contributed by atoms with Crippen molar-refractivity contribution in [2.45, 2.75) is 41.5 Å². The molecule has 94 valence electrons. The Labute approximate surface area is 104 Å². The molecule has 0 bridgehead atoms. The minimum absolute atomic E-state index is 0.149. The molecule has 0 spiro atoms. The molecule has 0 amide bonds. The van der Waals surface area contributed by atoms with Gasteiger partial charge in [-0.05, 0) is 28.6 Å². The fourth-order valence-electron chi connectivity index (χ4n) is 1.86. The average molecular weight is 233 g/mol. The SMILES string of the molecule is CC(C)(C)C1=CC(=CN)C=C(C(C)(C)C)C1=O. The zero-order chi connectivity index (χ0) is 13.4. The molecule has 0 aromatic rings. The van der Waals surface area contributed by atoms with Crippen LogP contribution in [0.15, 0.2) is 35.1 Å². The van der Waals surface area contributed by atoms with E-state index in [2.05, 4.69) is 41.5 Å². The lowest BCUT2D eigenvalue weighted by Gasteiger charge is -2.31. The Morgan fingerprint density at radius 3 is 1.53 bits per heavy atom. The first-order valence-corrected chi connectivity index (χ1v) is 5.98. The van der Waals surface area contributed by atoms with Gasteiger partial charge in [0.25, 0.3) is 0 Å². The lowest BCUT2D eigenvalue weighted by molar-refractivity contribution is -0.114. The molecule has 0 heterocycles. The largest absolute Gasteiger partial charge is 0.404 e. The Morgan fingerprint density at radius 2 is 1.29 bits per heavy atom. The number of nitrogens with two attached hydrogens (primary N) is 1. The first kappa shape index (κ1) is 13.8. The third-order valence-corrected chi connectivity index (χ3v) is 2.92. The summed E-state index contributed by atoms with van der Waals surface area (Å²) in [5, 5.41) is 0. The molecule has 1 rings (SSSR count). The van der Waals surface area contributed by atoms with Crippen LogP contribution < -0.4 is 5.73 Å². The van der Waals surface area contributed by atoms with Crippen LogP contribution in [0, 0.1) is 10.8 Å². The van der Waals surface area contributed by atoms with Crippen molar-refractivity contribution in [2.75, 3.05) is 0 Å². The van der Waals surface area contributed by atoms with Gasteiger partial charge in [0, 0.05) is 17.3 Å². The van der Waals surface area contributed by atoms with Crippen LogP contribution in [0.2, 0.25) is 0 Å². The van der Waals surface area contributed by atoms with Crippen LogP contribution in [0.3, 0.4) is 0 Å². The van der Waals surface area contributed by atoms with Crippen molar-refractivity contribution in [1.82, 2.24) is 0 Å². The zero-order valence-corrected chi connectivity index (χ0v) is 11.7. The summed E-state index contributed by atoms with van der Waals surface area (Å²) in [7, 11) is 0. The normalized spacial score (nSPS) is 17.8. The van der Waals surface area contributed by atoms with Gasteiger partial charge in [-0.1, -0.05) is 41.5 Å². The topological polar surface area (TPSA) is 43.1 Å². The van der Waals surface area contributed by atoms with Gasteiger partial charge in [-0.3, -0.25) is 4.79 Å². The second kappa shape index (κ2) is 4.17. The first-order chi connectivity index (χ1) is 7.57. The molecule has 0 radical (unpaired) electrons. The quantitative estimate of drug-likeness (QED) is 0.697. The van der Waals surface area contributed by atoms with E-state index in [0.717, 1.165) is 16.7 Å². The maximum atomic E-state index is 12.5. The number of carbonyl (C=O) groups is 1. The van der Waals surface area contributed by atoms with Gasteiger partial charge < -0.3 is 5.73 Å². The van der Waals surface area contributed by atoms with E-state index in [1.165, 1.54) is 0 Å². The van der Waals surface area contributed by atoms with Crippen LogP contribution in [-0.4, -0.2) is 5.78 Å². The maximum absolute atomic E-state index is 12.5. The van der Waals surface area contributed by atoms with Crippen LogP contribution in [0.5, 0.6) is 0 Å². The Hall–Kier alpha value is -1.31. The number of rotatable bonds is 0. The van der Waals surface area contributed by atoms with Gasteiger partial charge in [0.1, 0.15) is 0 Å². The van der Waals surface area contributed by atoms with Crippen molar-refractivity contribution in [3.8, 4) is 0 Å². The van der Waals surface area contributed by atoms with E-state index in [4.69, 9.17) is 5.73 Å². The van der Waals surface area contributed by atoms with Crippen LogP contribution >= 0.6 is 0 Å². The summed E-state index contributed by atoms with van der Waals surface area (Å²) in [4.78, 5) is 12.5. The van der Waals surface area contributed by atoms with E-state index in [9.17, 15) is 4.79 Å². The number of ketones is 1. The number of allylic oxidation sites excluding steroid dienone is 5. The summed E-state index contributed by atoms with van der Waals surface area (Å²) in [5.41, 5.74) is 7.87.